The Labute approximate surface area is 84.2 Å². The van der Waals surface area contributed by atoms with Gasteiger partial charge in [0.1, 0.15) is 0 Å². The second-order valence-electron chi connectivity index (χ2n) is 4.46. The van der Waals surface area contributed by atoms with Gasteiger partial charge >= 0.3 is 0 Å². The molecule has 0 saturated carbocycles. The molecular formula is C11H17NO2. The summed E-state index contributed by atoms with van der Waals surface area (Å²) in [6, 6.07) is 3.41. The van der Waals surface area contributed by atoms with Crippen LogP contribution in [0.3, 0.4) is 0 Å². The monoisotopic (exact) mass is 195 g/mol. The molecule has 0 amide bonds. The molecule has 3 nitrogen and oxygen atoms in total. The van der Waals surface area contributed by atoms with Crippen LogP contribution in [0, 0.1) is 0 Å². The van der Waals surface area contributed by atoms with Crippen molar-refractivity contribution in [2.24, 2.45) is 5.73 Å². The largest absolute Gasteiger partial charge is 0.504 e. The fraction of sp³-hybridized carbons (Fsp3) is 0.455. The molecule has 0 aromatic heterocycles. The van der Waals surface area contributed by atoms with Gasteiger partial charge in [0.25, 0.3) is 0 Å². The zero-order valence-corrected chi connectivity index (χ0v) is 8.83. The third-order valence-corrected chi connectivity index (χ3v) is 2.25. The summed E-state index contributed by atoms with van der Waals surface area (Å²) in [5, 5.41) is 18.9. The van der Waals surface area contributed by atoms with E-state index in [9.17, 15) is 10.2 Å². The van der Waals surface area contributed by atoms with Crippen LogP contribution in [-0.2, 0) is 12.0 Å². The number of hydrogen-bond donors (Lipinski definition) is 3. The Morgan fingerprint density at radius 1 is 1.21 bits per heavy atom. The van der Waals surface area contributed by atoms with Crippen LogP contribution in [0.5, 0.6) is 11.5 Å². The number of aromatic hydroxyl groups is 2. The Hall–Kier alpha value is -1.22. The van der Waals surface area contributed by atoms with Gasteiger partial charge < -0.3 is 15.9 Å². The van der Waals surface area contributed by atoms with Crippen LogP contribution in [0.25, 0.3) is 0 Å². The van der Waals surface area contributed by atoms with Crippen molar-refractivity contribution in [1.82, 2.24) is 0 Å². The summed E-state index contributed by atoms with van der Waals surface area (Å²) in [6.45, 7) is 6.35. The lowest BCUT2D eigenvalue weighted by Crippen LogP contribution is -2.12. The Bertz CT molecular complexity index is 340. The van der Waals surface area contributed by atoms with E-state index in [0.717, 1.165) is 5.56 Å². The number of hydrogen-bond acceptors (Lipinski definition) is 3. The molecule has 0 atom stereocenters. The van der Waals surface area contributed by atoms with Crippen molar-refractivity contribution < 1.29 is 10.2 Å². The van der Waals surface area contributed by atoms with Gasteiger partial charge in [0.15, 0.2) is 11.5 Å². The maximum Gasteiger partial charge on any atom is 0.161 e. The third kappa shape index (κ3) is 1.99. The molecule has 0 heterocycles. The summed E-state index contributed by atoms with van der Waals surface area (Å²) < 4.78 is 0. The van der Waals surface area contributed by atoms with Crippen LogP contribution >= 0.6 is 0 Å². The van der Waals surface area contributed by atoms with Gasteiger partial charge in [-0.05, 0) is 17.0 Å². The van der Waals surface area contributed by atoms with E-state index < -0.39 is 0 Å². The molecular weight excluding hydrogens is 178 g/mol. The molecule has 0 radical (unpaired) electrons. The molecule has 1 aromatic carbocycles. The fourth-order valence-electron chi connectivity index (χ4n) is 1.27. The van der Waals surface area contributed by atoms with Gasteiger partial charge in [0.05, 0.1) is 0 Å². The molecule has 78 valence electrons. The summed E-state index contributed by atoms with van der Waals surface area (Å²) in [5.41, 5.74) is 6.94. The minimum absolute atomic E-state index is 0.0604. The summed E-state index contributed by atoms with van der Waals surface area (Å²) in [5.74, 6) is -0.210. The fourth-order valence-corrected chi connectivity index (χ4v) is 1.27. The first-order valence-corrected chi connectivity index (χ1v) is 4.61. The molecule has 14 heavy (non-hydrogen) atoms. The van der Waals surface area contributed by atoms with Crippen LogP contribution < -0.4 is 5.73 Å². The Morgan fingerprint density at radius 2 is 1.79 bits per heavy atom. The molecule has 0 spiro atoms. The van der Waals surface area contributed by atoms with Gasteiger partial charge in [-0.15, -0.1) is 0 Å². The van der Waals surface area contributed by atoms with E-state index in [4.69, 9.17) is 5.73 Å². The highest BCUT2D eigenvalue weighted by Gasteiger charge is 2.17. The molecule has 0 aliphatic heterocycles. The summed E-state index contributed by atoms with van der Waals surface area (Å²) in [4.78, 5) is 0. The Morgan fingerprint density at radius 3 is 2.21 bits per heavy atom. The predicted octanol–water partition coefficient (Wildman–Crippen LogP) is 1.85. The van der Waals surface area contributed by atoms with Crippen LogP contribution in [0.4, 0.5) is 0 Å². The van der Waals surface area contributed by atoms with Crippen molar-refractivity contribution in [2.75, 3.05) is 0 Å². The molecule has 0 aliphatic rings. The quantitative estimate of drug-likeness (QED) is 0.599. The average molecular weight is 195 g/mol. The second-order valence-corrected chi connectivity index (χ2v) is 4.46. The van der Waals surface area contributed by atoms with Crippen LogP contribution in [0.1, 0.15) is 31.9 Å². The summed E-state index contributed by atoms with van der Waals surface area (Å²) >= 11 is 0. The lowest BCUT2D eigenvalue weighted by atomic mass is 9.86. The Balaban J connectivity index is 3.30. The molecule has 3 heteroatoms. The maximum atomic E-state index is 9.47. The zero-order valence-electron chi connectivity index (χ0n) is 8.83. The number of phenols is 2. The zero-order chi connectivity index (χ0) is 10.9. The van der Waals surface area contributed by atoms with E-state index in [1.165, 1.54) is 0 Å². The van der Waals surface area contributed by atoms with Gasteiger partial charge in [-0.2, -0.15) is 0 Å². The molecule has 0 unspecified atom stereocenters. The molecule has 0 fully saturated rings. The first-order chi connectivity index (χ1) is 6.36. The van der Waals surface area contributed by atoms with Crippen LogP contribution in [-0.4, -0.2) is 10.2 Å². The normalized spacial score (nSPS) is 11.7. The average Bonchev–Trinajstić information content (AvgIpc) is 2.07. The topological polar surface area (TPSA) is 66.5 Å². The van der Waals surface area contributed by atoms with Gasteiger partial charge in [0.2, 0.25) is 0 Å². The highest BCUT2D eigenvalue weighted by molar-refractivity contribution is 5.49. The molecule has 0 bridgehead atoms. The summed E-state index contributed by atoms with van der Waals surface area (Å²) in [7, 11) is 0. The van der Waals surface area contributed by atoms with Crippen molar-refractivity contribution in [2.45, 2.75) is 32.7 Å². The maximum absolute atomic E-state index is 9.47. The molecule has 0 aliphatic carbocycles. The van der Waals surface area contributed by atoms with Crippen LogP contribution in [0.2, 0.25) is 0 Å². The molecule has 0 saturated heterocycles. The smallest absolute Gasteiger partial charge is 0.161 e. The SMILES string of the molecule is CC(C)(C)c1cc(O)c(O)c(CN)c1. The first kappa shape index (κ1) is 10.9. The molecule has 1 rings (SSSR count). The van der Waals surface area contributed by atoms with Gasteiger partial charge in [-0.1, -0.05) is 26.8 Å². The number of rotatable bonds is 1. The van der Waals surface area contributed by atoms with Gasteiger partial charge in [-0.3, -0.25) is 0 Å². The predicted molar refractivity (Wildman–Crippen MR) is 56.4 cm³/mol. The van der Waals surface area contributed by atoms with Crippen molar-refractivity contribution >= 4 is 0 Å². The van der Waals surface area contributed by atoms with Gasteiger partial charge in [0, 0.05) is 12.1 Å². The lowest BCUT2D eigenvalue weighted by Gasteiger charge is -2.20. The van der Waals surface area contributed by atoms with E-state index in [1.807, 2.05) is 26.8 Å². The van der Waals surface area contributed by atoms with Crippen molar-refractivity contribution in [3.8, 4) is 11.5 Å². The highest BCUT2D eigenvalue weighted by Crippen LogP contribution is 2.34. The third-order valence-electron chi connectivity index (χ3n) is 2.25. The van der Waals surface area contributed by atoms with Gasteiger partial charge in [-0.25, -0.2) is 0 Å². The van der Waals surface area contributed by atoms with E-state index in [2.05, 4.69) is 0 Å². The van der Waals surface area contributed by atoms with E-state index in [0.29, 0.717) is 5.56 Å². The summed E-state index contributed by atoms with van der Waals surface area (Å²) in [6.07, 6.45) is 0. The van der Waals surface area contributed by atoms with Crippen molar-refractivity contribution in [3.63, 3.8) is 0 Å². The number of benzene rings is 1. The van der Waals surface area contributed by atoms with Crippen LogP contribution in [0.15, 0.2) is 12.1 Å². The number of nitrogens with two attached hydrogens (primary N) is 1. The van der Waals surface area contributed by atoms with E-state index in [-0.39, 0.29) is 23.5 Å². The lowest BCUT2D eigenvalue weighted by molar-refractivity contribution is 0.397. The molecule has 4 N–H and O–H groups in total. The van der Waals surface area contributed by atoms with Crippen molar-refractivity contribution in [1.29, 1.82) is 0 Å². The Kier molecular flexibility index (Phi) is 2.71. The second kappa shape index (κ2) is 3.50. The minimum Gasteiger partial charge on any atom is -0.504 e. The highest BCUT2D eigenvalue weighted by atomic mass is 16.3. The standard InChI is InChI=1S/C11H17NO2/c1-11(2,3)8-4-7(6-12)10(14)9(13)5-8/h4-5,13-14H,6,12H2,1-3H3. The minimum atomic E-state index is -0.111. The van der Waals surface area contributed by atoms with E-state index in [1.54, 1.807) is 6.07 Å². The molecule has 1 aromatic rings. The number of phenolic OH excluding ortho intramolecular Hbond substituents is 2. The van der Waals surface area contributed by atoms with E-state index >= 15 is 0 Å². The first-order valence-electron chi connectivity index (χ1n) is 4.61. The van der Waals surface area contributed by atoms with Crippen molar-refractivity contribution in [3.05, 3.63) is 23.3 Å².